The summed E-state index contributed by atoms with van der Waals surface area (Å²) in [6.07, 6.45) is 0. The van der Waals surface area contributed by atoms with E-state index in [0.717, 1.165) is 41.9 Å². The fourth-order valence-electron chi connectivity index (χ4n) is 3.66. The molecule has 0 aliphatic carbocycles. The molecule has 0 aromatic heterocycles. The number of rotatable bonds is 5. The highest BCUT2D eigenvalue weighted by molar-refractivity contribution is 8.14. The molecular weight excluding hydrogens is 402 g/mol. The topological polar surface area (TPSA) is 70.2 Å². The number of hydrogen-bond acceptors (Lipinski definition) is 6. The molecule has 8 heteroatoms. The number of thioether (sulfide) groups is 1. The van der Waals surface area contributed by atoms with Crippen LogP contribution in [0.15, 0.2) is 48.5 Å². The molecule has 2 aliphatic heterocycles. The molecule has 7 nitrogen and oxygen atoms in total. The van der Waals surface area contributed by atoms with E-state index in [1.807, 2.05) is 35.2 Å². The third-order valence-corrected chi connectivity index (χ3v) is 6.22. The van der Waals surface area contributed by atoms with Crippen molar-refractivity contribution >= 4 is 34.5 Å². The zero-order chi connectivity index (χ0) is 21.1. The highest BCUT2D eigenvalue weighted by atomic mass is 32.2. The number of methoxy groups -OCH3 is 1. The highest BCUT2D eigenvalue weighted by Gasteiger charge is 2.30. The van der Waals surface area contributed by atoms with E-state index in [-0.39, 0.29) is 29.4 Å². The van der Waals surface area contributed by atoms with Gasteiger partial charge in [0.2, 0.25) is 5.91 Å². The number of benzene rings is 2. The van der Waals surface area contributed by atoms with Gasteiger partial charge in [0.25, 0.3) is 11.1 Å². The van der Waals surface area contributed by atoms with Crippen LogP contribution in [-0.2, 0) is 11.3 Å². The minimum Gasteiger partial charge on any atom is -0.497 e. The Labute approximate surface area is 179 Å². The van der Waals surface area contributed by atoms with Crippen molar-refractivity contribution in [3.8, 4) is 5.75 Å². The van der Waals surface area contributed by atoms with Gasteiger partial charge in [-0.3, -0.25) is 19.3 Å². The number of carbonyl (C=O) groups is 3. The van der Waals surface area contributed by atoms with Crippen molar-refractivity contribution in [1.82, 2.24) is 9.80 Å². The van der Waals surface area contributed by atoms with Gasteiger partial charge in [-0.2, -0.15) is 0 Å². The zero-order valence-corrected chi connectivity index (χ0v) is 17.6. The largest absolute Gasteiger partial charge is 0.497 e. The summed E-state index contributed by atoms with van der Waals surface area (Å²) in [5, 5.41) is -0.230. The number of piperazine rings is 1. The number of hydrogen-bond donors (Lipinski definition) is 0. The maximum Gasteiger partial charge on any atom is 0.289 e. The van der Waals surface area contributed by atoms with Gasteiger partial charge >= 0.3 is 0 Å². The van der Waals surface area contributed by atoms with E-state index in [4.69, 9.17) is 4.74 Å². The fraction of sp³-hybridized carbons (Fsp3) is 0.318. The van der Waals surface area contributed by atoms with Gasteiger partial charge in [-0.1, -0.05) is 23.9 Å². The molecule has 0 atom stereocenters. The van der Waals surface area contributed by atoms with Gasteiger partial charge in [0, 0.05) is 37.4 Å². The third-order valence-electron chi connectivity index (χ3n) is 5.36. The molecule has 30 heavy (non-hydrogen) atoms. The van der Waals surface area contributed by atoms with Crippen LogP contribution in [0.25, 0.3) is 0 Å². The van der Waals surface area contributed by atoms with Crippen LogP contribution >= 0.6 is 11.8 Å². The molecule has 4 rings (SSSR count). The minimum atomic E-state index is -0.230. The van der Waals surface area contributed by atoms with E-state index in [2.05, 4.69) is 4.90 Å². The van der Waals surface area contributed by atoms with Gasteiger partial charge in [0.05, 0.1) is 19.4 Å². The van der Waals surface area contributed by atoms with E-state index < -0.39 is 0 Å². The van der Waals surface area contributed by atoms with Crippen molar-refractivity contribution in [3.63, 3.8) is 0 Å². The Morgan fingerprint density at radius 1 is 1.03 bits per heavy atom. The van der Waals surface area contributed by atoms with Crippen LogP contribution < -0.4 is 9.64 Å². The first-order valence-corrected chi connectivity index (χ1v) is 10.8. The lowest BCUT2D eigenvalue weighted by Crippen LogP contribution is -2.48. The number of carbonyl (C=O) groups excluding carboxylic acids is 3. The van der Waals surface area contributed by atoms with Gasteiger partial charge in [-0.25, -0.2) is 0 Å². The minimum absolute atomic E-state index is 0.0281. The van der Waals surface area contributed by atoms with Crippen LogP contribution in [0.5, 0.6) is 5.75 Å². The molecule has 0 unspecified atom stereocenters. The van der Waals surface area contributed by atoms with Crippen LogP contribution in [-0.4, -0.2) is 65.9 Å². The second-order valence-corrected chi connectivity index (χ2v) is 8.14. The monoisotopic (exact) mass is 425 g/mol. The standard InChI is InChI=1S/C22H23N3O4S/c1-29-19-7-5-18(6-8-19)23-9-11-24(12-10-23)21(27)17-4-2-3-16(13-17)14-25-20(26)15-30-22(25)28/h2-8,13H,9-12,14-15H2,1H3. The summed E-state index contributed by atoms with van der Waals surface area (Å²) in [6, 6.07) is 15.1. The van der Waals surface area contributed by atoms with E-state index in [1.54, 1.807) is 25.3 Å². The fourth-order valence-corrected chi connectivity index (χ4v) is 4.39. The number of amides is 3. The summed E-state index contributed by atoms with van der Waals surface area (Å²) in [7, 11) is 1.65. The van der Waals surface area contributed by atoms with E-state index >= 15 is 0 Å². The van der Waals surface area contributed by atoms with Crippen LogP contribution in [0.3, 0.4) is 0 Å². The van der Waals surface area contributed by atoms with Crippen LogP contribution in [0.2, 0.25) is 0 Å². The average Bonchev–Trinajstić information content (AvgIpc) is 3.11. The van der Waals surface area contributed by atoms with Gasteiger partial charge in [0.15, 0.2) is 0 Å². The molecule has 2 aromatic rings. The molecule has 2 saturated heterocycles. The third kappa shape index (κ3) is 4.28. The number of nitrogens with zero attached hydrogens (tertiary/aromatic N) is 3. The van der Waals surface area contributed by atoms with E-state index in [0.29, 0.717) is 18.7 Å². The van der Waals surface area contributed by atoms with Crippen molar-refractivity contribution in [3.05, 3.63) is 59.7 Å². The molecule has 0 spiro atoms. The summed E-state index contributed by atoms with van der Waals surface area (Å²) in [5.41, 5.74) is 2.47. The summed E-state index contributed by atoms with van der Waals surface area (Å²) >= 11 is 1.02. The Kier molecular flexibility index (Phi) is 5.94. The average molecular weight is 426 g/mol. The van der Waals surface area contributed by atoms with Crippen molar-refractivity contribution in [2.75, 3.05) is 43.9 Å². The molecule has 0 radical (unpaired) electrons. The van der Waals surface area contributed by atoms with Gasteiger partial charge in [0.1, 0.15) is 5.75 Å². The number of anilines is 1. The van der Waals surface area contributed by atoms with Crippen LogP contribution in [0, 0.1) is 0 Å². The van der Waals surface area contributed by atoms with E-state index in [1.165, 1.54) is 4.90 Å². The second-order valence-electron chi connectivity index (χ2n) is 7.21. The highest BCUT2D eigenvalue weighted by Crippen LogP contribution is 2.23. The Bertz CT molecular complexity index is 939. The molecule has 2 aromatic carbocycles. The maximum absolute atomic E-state index is 13.0. The molecule has 0 saturated carbocycles. The second kappa shape index (κ2) is 8.79. The summed E-state index contributed by atoms with van der Waals surface area (Å²) in [6.45, 7) is 2.98. The molecule has 0 bridgehead atoms. The smallest absolute Gasteiger partial charge is 0.289 e. The predicted octanol–water partition coefficient (Wildman–Crippen LogP) is 2.85. The molecular formula is C22H23N3O4S. The first-order valence-electron chi connectivity index (χ1n) is 9.79. The van der Waals surface area contributed by atoms with Gasteiger partial charge < -0.3 is 14.5 Å². The molecule has 2 heterocycles. The quantitative estimate of drug-likeness (QED) is 0.734. The van der Waals surface area contributed by atoms with Gasteiger partial charge in [-0.15, -0.1) is 0 Å². The molecule has 2 aliphatic rings. The summed E-state index contributed by atoms with van der Waals surface area (Å²) < 4.78 is 5.20. The van der Waals surface area contributed by atoms with E-state index in [9.17, 15) is 14.4 Å². The van der Waals surface area contributed by atoms with Gasteiger partial charge in [-0.05, 0) is 42.0 Å². The van der Waals surface area contributed by atoms with Crippen molar-refractivity contribution in [1.29, 1.82) is 0 Å². The van der Waals surface area contributed by atoms with Crippen LogP contribution in [0.1, 0.15) is 15.9 Å². The summed E-state index contributed by atoms with van der Waals surface area (Å²) in [5.74, 6) is 0.801. The maximum atomic E-state index is 13.0. The molecule has 3 amide bonds. The number of ether oxygens (including phenoxy) is 1. The lowest BCUT2D eigenvalue weighted by molar-refractivity contribution is -0.125. The first kappa shape index (κ1) is 20.3. The molecule has 2 fully saturated rings. The molecule has 0 N–H and O–H groups in total. The Hall–Kier alpha value is -3.00. The van der Waals surface area contributed by atoms with Crippen molar-refractivity contribution < 1.29 is 19.1 Å². The van der Waals surface area contributed by atoms with Crippen molar-refractivity contribution in [2.45, 2.75) is 6.54 Å². The zero-order valence-electron chi connectivity index (χ0n) is 16.7. The molecule has 156 valence electrons. The Morgan fingerprint density at radius 2 is 1.77 bits per heavy atom. The van der Waals surface area contributed by atoms with Crippen molar-refractivity contribution in [2.24, 2.45) is 0 Å². The lowest BCUT2D eigenvalue weighted by atomic mass is 10.1. The normalized spacial score (nSPS) is 16.9. The first-order chi connectivity index (χ1) is 14.5. The van der Waals surface area contributed by atoms with Crippen LogP contribution in [0.4, 0.5) is 10.5 Å². The summed E-state index contributed by atoms with van der Waals surface area (Å²) in [4.78, 5) is 42.0. The Balaban J connectivity index is 1.38. The number of imide groups is 1. The predicted molar refractivity (Wildman–Crippen MR) is 116 cm³/mol. The Morgan fingerprint density at radius 3 is 2.40 bits per heavy atom. The lowest BCUT2D eigenvalue weighted by Gasteiger charge is -2.36. The SMILES string of the molecule is COc1ccc(N2CCN(C(=O)c3cccc(CN4C(=O)CSC4=O)c3)CC2)cc1.